The Morgan fingerprint density at radius 1 is 0.897 bits per heavy atom. The number of rotatable bonds is 8. The Balaban J connectivity index is 1.37. The lowest BCUT2D eigenvalue weighted by Crippen LogP contribution is -2.19. The van der Waals surface area contributed by atoms with Crippen molar-refractivity contribution in [3.8, 4) is 22.6 Å². The molecule has 0 atom stereocenters. The lowest BCUT2D eigenvalue weighted by molar-refractivity contribution is 0.0729. The van der Waals surface area contributed by atoms with Crippen LogP contribution in [0.5, 0.6) is 11.5 Å². The van der Waals surface area contributed by atoms with Gasteiger partial charge in [0.05, 0.1) is 18.9 Å². The van der Waals surface area contributed by atoms with Gasteiger partial charge in [0.25, 0.3) is 5.91 Å². The summed E-state index contributed by atoms with van der Waals surface area (Å²) in [6.45, 7) is 2.09. The summed E-state index contributed by atoms with van der Waals surface area (Å²) in [6, 6.07) is 29.6. The third-order valence-electron chi connectivity index (χ3n) is 6.37. The molecule has 5 rings (SSSR count). The highest BCUT2D eigenvalue weighted by molar-refractivity contribution is 6.10. The molecule has 1 aromatic heterocycles. The minimum atomic E-state index is -0.485. The molecule has 0 aliphatic carbocycles. The number of hydrogen-bond acceptors (Lipinski definition) is 5. The topological polar surface area (TPSA) is 92.8 Å². The average Bonchev–Trinajstić information content (AvgIpc) is 3.38. The Labute approximate surface area is 226 Å². The van der Waals surface area contributed by atoms with Crippen molar-refractivity contribution in [2.24, 2.45) is 5.10 Å². The maximum atomic E-state index is 13.3. The Bertz CT molecular complexity index is 1660. The molecule has 0 saturated heterocycles. The summed E-state index contributed by atoms with van der Waals surface area (Å²) in [4.78, 5) is 29.1. The number of aryl methyl sites for hydroxylation is 1. The predicted octanol–water partition coefficient (Wildman–Crippen LogP) is 6.39. The van der Waals surface area contributed by atoms with Gasteiger partial charge in [-0.2, -0.15) is 5.10 Å². The molecule has 1 amide bonds. The van der Waals surface area contributed by atoms with Crippen molar-refractivity contribution in [1.29, 1.82) is 0 Å². The molecular formula is C32H27N3O4. The van der Waals surface area contributed by atoms with E-state index in [4.69, 9.17) is 9.47 Å². The maximum absolute atomic E-state index is 13.3. The molecule has 194 valence electrons. The predicted molar refractivity (Wildman–Crippen MR) is 153 cm³/mol. The van der Waals surface area contributed by atoms with E-state index in [9.17, 15) is 9.59 Å². The molecule has 0 fully saturated rings. The molecule has 5 aromatic rings. The van der Waals surface area contributed by atoms with Gasteiger partial charge in [-0.15, -0.1) is 0 Å². The second-order valence-electron chi connectivity index (χ2n) is 8.80. The minimum Gasteiger partial charge on any atom is -0.493 e. The van der Waals surface area contributed by atoms with Crippen molar-refractivity contribution in [3.63, 3.8) is 0 Å². The molecule has 39 heavy (non-hydrogen) atoms. The number of para-hydroxylation sites is 1. The quantitative estimate of drug-likeness (QED) is 0.108. The lowest BCUT2D eigenvalue weighted by atomic mass is 10.00. The summed E-state index contributed by atoms with van der Waals surface area (Å²) in [5.74, 6) is -0.196. The van der Waals surface area contributed by atoms with Crippen molar-refractivity contribution in [2.45, 2.75) is 13.3 Å². The fraction of sp³-hybridized carbons (Fsp3) is 0.0938. The first kappa shape index (κ1) is 25.5. The van der Waals surface area contributed by atoms with Crippen molar-refractivity contribution < 1.29 is 19.1 Å². The van der Waals surface area contributed by atoms with Crippen LogP contribution in [-0.2, 0) is 6.42 Å². The van der Waals surface area contributed by atoms with Crippen LogP contribution in [0.4, 0.5) is 0 Å². The van der Waals surface area contributed by atoms with Crippen molar-refractivity contribution in [1.82, 2.24) is 10.4 Å². The number of methoxy groups -OCH3 is 1. The summed E-state index contributed by atoms with van der Waals surface area (Å²) < 4.78 is 10.9. The normalized spacial score (nSPS) is 11.0. The highest BCUT2D eigenvalue weighted by Gasteiger charge is 2.20. The molecule has 4 aromatic carbocycles. The van der Waals surface area contributed by atoms with Gasteiger partial charge in [-0.25, -0.2) is 10.2 Å². The number of carbonyl (C=O) groups is 2. The van der Waals surface area contributed by atoms with E-state index in [1.54, 1.807) is 42.5 Å². The van der Waals surface area contributed by atoms with Gasteiger partial charge in [-0.1, -0.05) is 73.7 Å². The third kappa shape index (κ3) is 5.43. The number of carbonyl (C=O) groups excluding carboxylic acids is 2. The summed E-state index contributed by atoms with van der Waals surface area (Å²) >= 11 is 0. The number of hydrazone groups is 1. The number of nitrogens with one attached hydrogen (secondary N) is 2. The SMILES string of the molecule is CCc1cccc2c(-c3ccccc3)c(C(=O)NN=Cc3ccc(OC(=O)c4ccccc4)c(OC)c3)[nH]c12. The number of ether oxygens (including phenoxy) is 2. The van der Waals surface area contributed by atoms with Crippen LogP contribution in [0.15, 0.2) is 102 Å². The van der Waals surface area contributed by atoms with Crippen LogP contribution in [0.3, 0.4) is 0 Å². The zero-order valence-electron chi connectivity index (χ0n) is 21.6. The zero-order chi connectivity index (χ0) is 27.2. The smallest absolute Gasteiger partial charge is 0.343 e. The second kappa shape index (κ2) is 11.5. The van der Waals surface area contributed by atoms with Gasteiger partial charge in [-0.3, -0.25) is 4.79 Å². The van der Waals surface area contributed by atoms with E-state index in [-0.39, 0.29) is 11.7 Å². The number of amides is 1. The fourth-order valence-corrected chi connectivity index (χ4v) is 4.45. The summed E-state index contributed by atoms with van der Waals surface area (Å²) in [5, 5.41) is 5.16. The molecular weight excluding hydrogens is 490 g/mol. The standard InChI is InChI=1S/C32H27N3O4/c1-3-22-15-10-16-25-28(23-11-6-4-7-12-23)30(34-29(22)25)31(36)35-33-20-21-17-18-26(27(19-21)38-2)39-32(37)24-13-8-5-9-14-24/h4-20,34H,3H2,1-2H3,(H,35,36). The molecule has 7 nitrogen and oxygen atoms in total. The van der Waals surface area contributed by atoms with Crippen molar-refractivity contribution >= 4 is 29.0 Å². The largest absolute Gasteiger partial charge is 0.493 e. The van der Waals surface area contributed by atoms with E-state index < -0.39 is 5.97 Å². The van der Waals surface area contributed by atoms with Gasteiger partial charge in [0.15, 0.2) is 11.5 Å². The molecule has 0 spiro atoms. The van der Waals surface area contributed by atoms with Crippen LogP contribution in [0.2, 0.25) is 0 Å². The summed E-state index contributed by atoms with van der Waals surface area (Å²) in [6.07, 6.45) is 2.34. The Hall–Kier alpha value is -5.17. The van der Waals surface area contributed by atoms with Gasteiger partial charge in [0.2, 0.25) is 0 Å². The van der Waals surface area contributed by atoms with E-state index in [2.05, 4.69) is 28.5 Å². The number of fused-ring (bicyclic) bond motifs is 1. The fourth-order valence-electron chi connectivity index (χ4n) is 4.45. The van der Waals surface area contributed by atoms with E-state index in [1.807, 2.05) is 48.5 Å². The van der Waals surface area contributed by atoms with E-state index in [1.165, 1.54) is 13.3 Å². The number of hydrogen-bond donors (Lipinski definition) is 2. The van der Waals surface area contributed by atoms with E-state index in [0.29, 0.717) is 22.6 Å². The first-order valence-electron chi connectivity index (χ1n) is 12.6. The van der Waals surface area contributed by atoms with Crippen LogP contribution < -0.4 is 14.9 Å². The van der Waals surface area contributed by atoms with Gasteiger partial charge in [0.1, 0.15) is 5.69 Å². The molecule has 0 aliphatic heterocycles. The van der Waals surface area contributed by atoms with E-state index >= 15 is 0 Å². The molecule has 1 heterocycles. The number of nitrogens with zero attached hydrogens (tertiary/aromatic N) is 1. The molecule has 0 radical (unpaired) electrons. The van der Waals surface area contributed by atoms with Gasteiger partial charge in [0, 0.05) is 16.5 Å². The maximum Gasteiger partial charge on any atom is 0.343 e. The highest BCUT2D eigenvalue weighted by atomic mass is 16.6. The summed E-state index contributed by atoms with van der Waals surface area (Å²) in [7, 11) is 1.49. The molecule has 0 bridgehead atoms. The Morgan fingerprint density at radius 2 is 1.64 bits per heavy atom. The van der Waals surface area contributed by atoms with Gasteiger partial charge < -0.3 is 14.5 Å². The molecule has 2 N–H and O–H groups in total. The number of benzene rings is 4. The first-order valence-corrected chi connectivity index (χ1v) is 12.6. The number of esters is 1. The van der Waals surface area contributed by atoms with Gasteiger partial charge >= 0.3 is 5.97 Å². The van der Waals surface area contributed by atoms with Gasteiger partial charge in [-0.05, 0) is 53.4 Å². The van der Waals surface area contributed by atoms with Crippen molar-refractivity contribution in [2.75, 3.05) is 7.11 Å². The van der Waals surface area contributed by atoms with Crippen LogP contribution in [0, 0.1) is 0 Å². The lowest BCUT2D eigenvalue weighted by Gasteiger charge is -2.10. The monoisotopic (exact) mass is 517 g/mol. The minimum absolute atomic E-state index is 0.282. The van der Waals surface area contributed by atoms with Crippen LogP contribution in [0.1, 0.15) is 38.9 Å². The molecule has 0 saturated carbocycles. The van der Waals surface area contributed by atoms with E-state index in [0.717, 1.165) is 34.0 Å². The Morgan fingerprint density at radius 3 is 2.36 bits per heavy atom. The van der Waals surface area contributed by atoms with Crippen LogP contribution in [0.25, 0.3) is 22.0 Å². The number of aromatic nitrogens is 1. The molecule has 0 aliphatic rings. The molecule has 0 unspecified atom stereocenters. The number of aromatic amines is 1. The Kier molecular flexibility index (Phi) is 7.50. The highest BCUT2D eigenvalue weighted by Crippen LogP contribution is 2.34. The zero-order valence-corrected chi connectivity index (χ0v) is 21.6. The summed E-state index contributed by atoms with van der Waals surface area (Å²) in [5.41, 5.74) is 8.01. The van der Waals surface area contributed by atoms with Crippen molar-refractivity contribution in [3.05, 3.63) is 119 Å². The number of H-pyrrole nitrogens is 1. The van der Waals surface area contributed by atoms with Crippen LogP contribution in [-0.4, -0.2) is 30.2 Å². The third-order valence-corrected chi connectivity index (χ3v) is 6.37. The second-order valence-corrected chi connectivity index (χ2v) is 8.80. The van der Waals surface area contributed by atoms with Crippen LogP contribution >= 0.6 is 0 Å². The average molecular weight is 518 g/mol. The molecule has 7 heteroatoms. The first-order chi connectivity index (χ1) is 19.1.